The van der Waals surface area contributed by atoms with E-state index in [1.54, 1.807) is 30.8 Å². The molecule has 2 rings (SSSR count). The lowest BCUT2D eigenvalue weighted by Crippen LogP contribution is -1.92. The van der Waals surface area contributed by atoms with Crippen LogP contribution < -0.4 is 5.73 Å². The molecule has 4 heteroatoms. The number of rotatable bonds is 0. The molecule has 2 N–H and O–H groups in total. The highest BCUT2D eigenvalue weighted by Gasteiger charge is 2.11. The van der Waals surface area contributed by atoms with Gasteiger partial charge in [-0.25, -0.2) is 4.39 Å². The zero-order valence-corrected chi connectivity index (χ0v) is 7.50. The number of fused-ring (bicyclic) bond motifs is 1. The molecule has 13 heavy (non-hydrogen) atoms. The fraction of sp³-hybridized carbons (Fsp3) is 0.222. The number of aryl methyl sites for hydroxylation is 2. The van der Waals surface area contributed by atoms with Gasteiger partial charge in [0, 0.05) is 7.05 Å². The average molecular weight is 179 g/mol. The summed E-state index contributed by atoms with van der Waals surface area (Å²) in [4.78, 5) is 0. The van der Waals surface area contributed by atoms with Gasteiger partial charge < -0.3 is 5.73 Å². The summed E-state index contributed by atoms with van der Waals surface area (Å²) in [6, 6.07) is 3.33. The number of nitrogens with zero attached hydrogens (tertiary/aromatic N) is 2. The predicted molar refractivity (Wildman–Crippen MR) is 49.8 cm³/mol. The maximum Gasteiger partial charge on any atom is 0.157 e. The third-order valence-corrected chi connectivity index (χ3v) is 2.16. The van der Waals surface area contributed by atoms with Crippen molar-refractivity contribution in [3.05, 3.63) is 23.6 Å². The number of benzene rings is 1. The van der Waals surface area contributed by atoms with E-state index >= 15 is 0 Å². The second-order valence-electron chi connectivity index (χ2n) is 3.07. The Morgan fingerprint density at radius 2 is 2.15 bits per heavy atom. The Bertz CT molecular complexity index is 473. The second-order valence-corrected chi connectivity index (χ2v) is 3.07. The molecule has 2 aromatic rings. The molecule has 0 saturated heterocycles. The first-order chi connectivity index (χ1) is 6.11. The summed E-state index contributed by atoms with van der Waals surface area (Å²) in [5.41, 5.74) is 7.06. The van der Waals surface area contributed by atoms with Crippen LogP contribution in [0.3, 0.4) is 0 Å². The van der Waals surface area contributed by atoms with Crippen LogP contribution in [0.15, 0.2) is 12.1 Å². The molecule has 68 valence electrons. The Balaban J connectivity index is 2.98. The van der Waals surface area contributed by atoms with Crippen molar-refractivity contribution >= 4 is 16.6 Å². The lowest BCUT2D eigenvalue weighted by Gasteiger charge is -1.98. The summed E-state index contributed by atoms with van der Waals surface area (Å²) in [7, 11) is 1.78. The van der Waals surface area contributed by atoms with Crippen molar-refractivity contribution in [1.82, 2.24) is 9.78 Å². The minimum absolute atomic E-state index is 0.170. The molecule has 0 fully saturated rings. The van der Waals surface area contributed by atoms with Crippen molar-refractivity contribution < 1.29 is 4.39 Å². The molecule has 0 spiro atoms. The monoisotopic (exact) mass is 179 g/mol. The van der Waals surface area contributed by atoms with Crippen molar-refractivity contribution in [2.45, 2.75) is 6.92 Å². The number of halogens is 1. The van der Waals surface area contributed by atoms with Crippen LogP contribution in [0.5, 0.6) is 0 Å². The van der Waals surface area contributed by atoms with Gasteiger partial charge in [0.15, 0.2) is 5.82 Å². The maximum absolute atomic E-state index is 13.5. The minimum atomic E-state index is -0.372. The fourth-order valence-electron chi connectivity index (χ4n) is 1.52. The molecule has 0 unspecified atom stereocenters. The summed E-state index contributed by atoms with van der Waals surface area (Å²) in [6.07, 6.45) is 0. The molecule has 0 amide bonds. The SMILES string of the molecule is Cc1nn(C)c2ccc(N)c(F)c12. The van der Waals surface area contributed by atoms with Crippen molar-refractivity contribution in [1.29, 1.82) is 0 Å². The zero-order chi connectivity index (χ0) is 9.59. The second kappa shape index (κ2) is 2.45. The quantitative estimate of drug-likeness (QED) is 0.624. The third-order valence-electron chi connectivity index (χ3n) is 2.16. The summed E-state index contributed by atoms with van der Waals surface area (Å²) >= 11 is 0. The van der Waals surface area contributed by atoms with E-state index in [-0.39, 0.29) is 11.5 Å². The Morgan fingerprint density at radius 1 is 1.46 bits per heavy atom. The summed E-state index contributed by atoms with van der Waals surface area (Å²) in [5.74, 6) is -0.372. The van der Waals surface area contributed by atoms with E-state index < -0.39 is 0 Å². The number of nitrogens with two attached hydrogens (primary N) is 1. The number of nitrogen functional groups attached to an aromatic ring is 1. The first kappa shape index (κ1) is 8.04. The third kappa shape index (κ3) is 0.983. The van der Waals surface area contributed by atoms with E-state index in [9.17, 15) is 4.39 Å². The van der Waals surface area contributed by atoms with E-state index in [1.807, 2.05) is 0 Å². The predicted octanol–water partition coefficient (Wildman–Crippen LogP) is 1.60. The van der Waals surface area contributed by atoms with Gasteiger partial charge in [0.25, 0.3) is 0 Å². The minimum Gasteiger partial charge on any atom is -0.396 e. The topological polar surface area (TPSA) is 43.8 Å². The first-order valence-electron chi connectivity index (χ1n) is 3.98. The van der Waals surface area contributed by atoms with Gasteiger partial charge in [-0.15, -0.1) is 0 Å². The molecule has 0 aliphatic rings. The van der Waals surface area contributed by atoms with Crippen molar-refractivity contribution in [2.75, 3.05) is 5.73 Å². The van der Waals surface area contributed by atoms with E-state index in [0.29, 0.717) is 11.1 Å². The molecule has 1 aromatic heterocycles. The average Bonchev–Trinajstić information content (AvgIpc) is 2.35. The summed E-state index contributed by atoms with van der Waals surface area (Å²) in [6.45, 7) is 1.77. The van der Waals surface area contributed by atoms with Crippen molar-refractivity contribution in [3.8, 4) is 0 Å². The van der Waals surface area contributed by atoms with Gasteiger partial charge in [-0.3, -0.25) is 4.68 Å². The van der Waals surface area contributed by atoms with E-state index in [2.05, 4.69) is 5.10 Å². The van der Waals surface area contributed by atoms with Crippen LogP contribution in [-0.2, 0) is 7.05 Å². The zero-order valence-electron chi connectivity index (χ0n) is 7.50. The largest absolute Gasteiger partial charge is 0.396 e. The van der Waals surface area contributed by atoms with Gasteiger partial charge in [-0.2, -0.15) is 5.10 Å². The number of hydrogen-bond acceptors (Lipinski definition) is 2. The van der Waals surface area contributed by atoms with Gasteiger partial charge in [0.1, 0.15) is 0 Å². The lowest BCUT2D eigenvalue weighted by atomic mass is 10.2. The Morgan fingerprint density at radius 3 is 2.85 bits per heavy atom. The molecule has 0 aliphatic heterocycles. The maximum atomic E-state index is 13.5. The van der Waals surface area contributed by atoms with Gasteiger partial charge in [-0.1, -0.05) is 0 Å². The molecule has 3 nitrogen and oxygen atoms in total. The molecule has 0 atom stereocenters. The Kier molecular flexibility index (Phi) is 1.52. The van der Waals surface area contributed by atoms with Crippen molar-refractivity contribution in [3.63, 3.8) is 0 Å². The Labute approximate surface area is 75.0 Å². The van der Waals surface area contributed by atoms with Crippen molar-refractivity contribution in [2.24, 2.45) is 7.05 Å². The molecule has 1 heterocycles. The fourth-order valence-corrected chi connectivity index (χ4v) is 1.52. The molecule has 0 saturated carbocycles. The van der Waals surface area contributed by atoms with Gasteiger partial charge in [0.2, 0.25) is 0 Å². The number of aromatic nitrogens is 2. The highest BCUT2D eigenvalue weighted by molar-refractivity contribution is 5.85. The van der Waals surface area contributed by atoms with E-state index in [0.717, 1.165) is 5.52 Å². The van der Waals surface area contributed by atoms with Crippen LogP contribution in [-0.4, -0.2) is 9.78 Å². The summed E-state index contributed by atoms with van der Waals surface area (Å²) in [5, 5.41) is 4.63. The van der Waals surface area contributed by atoms with Gasteiger partial charge in [0.05, 0.1) is 22.3 Å². The Hall–Kier alpha value is -1.58. The van der Waals surface area contributed by atoms with Gasteiger partial charge >= 0.3 is 0 Å². The highest BCUT2D eigenvalue weighted by Crippen LogP contribution is 2.24. The molecular weight excluding hydrogens is 169 g/mol. The van der Waals surface area contributed by atoms with Crippen LogP contribution in [0.1, 0.15) is 5.69 Å². The smallest absolute Gasteiger partial charge is 0.157 e. The van der Waals surface area contributed by atoms with Crippen LogP contribution in [0.2, 0.25) is 0 Å². The standard InChI is InChI=1S/C9H10FN3/c1-5-8-7(13(2)12-5)4-3-6(11)9(8)10/h3-4H,11H2,1-2H3. The lowest BCUT2D eigenvalue weighted by molar-refractivity contribution is 0.644. The number of hydrogen-bond donors (Lipinski definition) is 1. The van der Waals surface area contributed by atoms with E-state index in [4.69, 9.17) is 5.73 Å². The van der Waals surface area contributed by atoms with Crippen LogP contribution in [0, 0.1) is 12.7 Å². The van der Waals surface area contributed by atoms with Crippen LogP contribution in [0.4, 0.5) is 10.1 Å². The molecule has 0 radical (unpaired) electrons. The van der Waals surface area contributed by atoms with Crippen LogP contribution >= 0.6 is 0 Å². The normalized spacial score (nSPS) is 11.0. The molecule has 1 aromatic carbocycles. The molecule has 0 aliphatic carbocycles. The first-order valence-corrected chi connectivity index (χ1v) is 3.98. The molecule has 0 bridgehead atoms. The van der Waals surface area contributed by atoms with Crippen LogP contribution in [0.25, 0.3) is 10.9 Å². The number of anilines is 1. The van der Waals surface area contributed by atoms with E-state index in [1.165, 1.54) is 0 Å². The summed E-state index contributed by atoms with van der Waals surface area (Å²) < 4.78 is 15.1. The molecular formula is C9H10FN3. The van der Waals surface area contributed by atoms with Gasteiger partial charge in [-0.05, 0) is 19.1 Å². The highest BCUT2D eigenvalue weighted by atomic mass is 19.1.